The molecule has 0 rings (SSSR count). The van der Waals surface area contributed by atoms with Gasteiger partial charge in [0.2, 0.25) is 0 Å². The molecule has 3 nitrogen and oxygen atoms in total. The van der Waals surface area contributed by atoms with Crippen LogP contribution in [0.5, 0.6) is 0 Å². The molecule has 0 aliphatic carbocycles. The zero-order chi connectivity index (χ0) is 17.8. The molecular weight excluding hydrogens is 274 g/mol. The van der Waals surface area contributed by atoms with E-state index >= 15 is 0 Å². The van der Waals surface area contributed by atoms with Crippen LogP contribution in [0, 0.1) is 10.8 Å². The number of ketones is 2. The minimum Gasteiger partial charge on any atom is -0.303 e. The van der Waals surface area contributed by atoms with Gasteiger partial charge in [0.15, 0.2) is 0 Å². The van der Waals surface area contributed by atoms with Crippen molar-refractivity contribution in [1.82, 2.24) is 5.32 Å². The Morgan fingerprint density at radius 1 is 0.818 bits per heavy atom. The molecule has 0 aromatic carbocycles. The van der Waals surface area contributed by atoms with E-state index in [1.165, 1.54) is 0 Å². The first kappa shape index (κ1) is 21.3. The average Bonchev–Trinajstić information content (AvgIpc) is 2.17. The fourth-order valence-electron chi connectivity index (χ4n) is 2.47. The third-order valence-electron chi connectivity index (χ3n) is 3.14. The van der Waals surface area contributed by atoms with Crippen molar-refractivity contribution in [2.24, 2.45) is 10.8 Å². The SMILES string of the molecule is CC(C)(C)CC(=O)CCC(NC(C)(C)C)C(=O)CC(C)(C)C. The van der Waals surface area contributed by atoms with Crippen LogP contribution in [0.4, 0.5) is 0 Å². The highest BCUT2D eigenvalue weighted by Gasteiger charge is 2.28. The smallest absolute Gasteiger partial charge is 0.150 e. The largest absolute Gasteiger partial charge is 0.303 e. The molecule has 0 fully saturated rings. The summed E-state index contributed by atoms with van der Waals surface area (Å²) in [5, 5.41) is 3.40. The molecule has 130 valence electrons. The topological polar surface area (TPSA) is 46.2 Å². The second-order valence-electron chi connectivity index (χ2n) is 9.97. The Bertz CT molecular complexity index is 378. The summed E-state index contributed by atoms with van der Waals surface area (Å²) in [7, 11) is 0. The van der Waals surface area contributed by atoms with Crippen molar-refractivity contribution in [1.29, 1.82) is 0 Å². The number of nitrogens with one attached hydrogen (secondary N) is 1. The van der Waals surface area contributed by atoms with Crippen LogP contribution in [0.15, 0.2) is 0 Å². The predicted octanol–water partition coefficient (Wildman–Crippen LogP) is 4.53. The van der Waals surface area contributed by atoms with Crippen LogP contribution in [0.3, 0.4) is 0 Å². The maximum atomic E-state index is 12.6. The average molecular weight is 312 g/mol. The zero-order valence-electron chi connectivity index (χ0n) is 16.2. The van der Waals surface area contributed by atoms with Gasteiger partial charge in [-0.2, -0.15) is 0 Å². The van der Waals surface area contributed by atoms with Crippen LogP contribution >= 0.6 is 0 Å². The molecule has 1 unspecified atom stereocenters. The van der Waals surface area contributed by atoms with Crippen LogP contribution in [0.1, 0.15) is 88.0 Å². The molecule has 22 heavy (non-hydrogen) atoms. The molecule has 0 amide bonds. The second kappa shape index (κ2) is 7.72. The van der Waals surface area contributed by atoms with E-state index in [0.717, 1.165) is 0 Å². The van der Waals surface area contributed by atoms with Crippen LogP contribution in [-0.2, 0) is 9.59 Å². The van der Waals surface area contributed by atoms with Crippen LogP contribution in [-0.4, -0.2) is 23.1 Å². The van der Waals surface area contributed by atoms with E-state index in [2.05, 4.69) is 67.6 Å². The first-order chi connectivity index (χ1) is 9.59. The summed E-state index contributed by atoms with van der Waals surface area (Å²) < 4.78 is 0. The van der Waals surface area contributed by atoms with Crippen molar-refractivity contribution in [2.45, 2.75) is 99.6 Å². The Kier molecular flexibility index (Phi) is 7.47. The van der Waals surface area contributed by atoms with Gasteiger partial charge in [-0.3, -0.25) is 9.59 Å². The van der Waals surface area contributed by atoms with E-state index in [1.807, 2.05) is 0 Å². The van der Waals surface area contributed by atoms with E-state index in [9.17, 15) is 9.59 Å². The quantitative estimate of drug-likeness (QED) is 0.751. The molecule has 3 heteroatoms. The summed E-state index contributed by atoms with van der Waals surface area (Å²) >= 11 is 0. The third kappa shape index (κ3) is 11.9. The summed E-state index contributed by atoms with van der Waals surface area (Å²) in [5.74, 6) is 0.461. The van der Waals surface area contributed by atoms with Crippen molar-refractivity contribution >= 4 is 11.6 Å². The molecule has 1 N–H and O–H groups in total. The van der Waals surface area contributed by atoms with Crippen molar-refractivity contribution in [3.63, 3.8) is 0 Å². The Balaban J connectivity index is 4.75. The van der Waals surface area contributed by atoms with E-state index < -0.39 is 0 Å². The molecular formula is C19H37NO2. The Morgan fingerprint density at radius 3 is 1.64 bits per heavy atom. The van der Waals surface area contributed by atoms with Gasteiger partial charge in [0.25, 0.3) is 0 Å². The number of hydrogen-bond acceptors (Lipinski definition) is 3. The molecule has 0 aromatic heterocycles. The number of Topliss-reactive ketones (excluding diaryl/α,β-unsaturated/α-hetero) is 2. The van der Waals surface area contributed by atoms with Gasteiger partial charge >= 0.3 is 0 Å². The van der Waals surface area contributed by atoms with Crippen molar-refractivity contribution in [2.75, 3.05) is 0 Å². The molecule has 0 heterocycles. The lowest BCUT2D eigenvalue weighted by atomic mass is 9.85. The standard InChI is InChI=1S/C19H37NO2/c1-17(2,3)12-14(21)10-11-15(20-19(7,8)9)16(22)13-18(4,5)6/h15,20H,10-13H2,1-9H3. The van der Waals surface area contributed by atoms with Gasteiger partial charge in [-0.05, 0) is 38.0 Å². The third-order valence-corrected chi connectivity index (χ3v) is 3.14. The minimum atomic E-state index is -0.233. The van der Waals surface area contributed by atoms with Crippen LogP contribution in [0.2, 0.25) is 0 Å². The van der Waals surface area contributed by atoms with E-state index in [1.54, 1.807) is 0 Å². The maximum absolute atomic E-state index is 12.6. The lowest BCUT2D eigenvalue weighted by Gasteiger charge is -2.30. The van der Waals surface area contributed by atoms with Gasteiger partial charge in [0.1, 0.15) is 11.6 Å². The Morgan fingerprint density at radius 2 is 1.27 bits per heavy atom. The van der Waals surface area contributed by atoms with E-state index in [-0.39, 0.29) is 34.0 Å². The monoisotopic (exact) mass is 311 g/mol. The van der Waals surface area contributed by atoms with Gasteiger partial charge in [-0.1, -0.05) is 41.5 Å². The van der Waals surface area contributed by atoms with Crippen molar-refractivity contribution < 1.29 is 9.59 Å². The highest BCUT2D eigenvalue weighted by Crippen LogP contribution is 2.23. The summed E-state index contributed by atoms with van der Waals surface area (Å²) in [6.07, 6.45) is 2.18. The highest BCUT2D eigenvalue weighted by atomic mass is 16.1. The van der Waals surface area contributed by atoms with Crippen molar-refractivity contribution in [3.8, 4) is 0 Å². The minimum absolute atomic E-state index is 0.0133. The highest BCUT2D eigenvalue weighted by molar-refractivity contribution is 5.86. The normalized spacial score (nSPS) is 14.8. The number of carbonyl (C=O) groups is 2. The number of carbonyl (C=O) groups excluding carboxylic acids is 2. The zero-order valence-corrected chi connectivity index (χ0v) is 16.2. The first-order valence-corrected chi connectivity index (χ1v) is 8.41. The van der Waals surface area contributed by atoms with Gasteiger partial charge in [0, 0.05) is 24.8 Å². The lowest BCUT2D eigenvalue weighted by molar-refractivity contribution is -0.124. The van der Waals surface area contributed by atoms with E-state index in [4.69, 9.17) is 0 Å². The van der Waals surface area contributed by atoms with Gasteiger partial charge in [-0.25, -0.2) is 0 Å². The number of hydrogen-bond donors (Lipinski definition) is 1. The summed E-state index contributed by atoms with van der Waals surface area (Å²) in [4.78, 5) is 24.7. The first-order valence-electron chi connectivity index (χ1n) is 8.41. The van der Waals surface area contributed by atoms with E-state index in [0.29, 0.717) is 25.7 Å². The van der Waals surface area contributed by atoms with Gasteiger partial charge in [-0.15, -0.1) is 0 Å². The molecule has 0 aliphatic heterocycles. The fraction of sp³-hybridized carbons (Fsp3) is 0.895. The Labute approximate surface area is 137 Å². The van der Waals surface area contributed by atoms with Crippen LogP contribution in [0.25, 0.3) is 0 Å². The summed E-state index contributed by atoms with van der Waals surface area (Å²) in [6, 6.07) is -0.233. The molecule has 0 saturated carbocycles. The van der Waals surface area contributed by atoms with Crippen LogP contribution < -0.4 is 5.32 Å². The lowest BCUT2D eigenvalue weighted by Crippen LogP contribution is -2.48. The predicted molar refractivity (Wildman–Crippen MR) is 94.1 cm³/mol. The maximum Gasteiger partial charge on any atom is 0.150 e. The molecule has 1 atom stereocenters. The number of rotatable bonds is 7. The molecule has 0 spiro atoms. The molecule has 0 bridgehead atoms. The fourth-order valence-corrected chi connectivity index (χ4v) is 2.47. The second-order valence-corrected chi connectivity index (χ2v) is 9.97. The summed E-state index contributed by atoms with van der Waals surface area (Å²) in [6.45, 7) is 18.6. The molecule has 0 radical (unpaired) electrons. The summed E-state index contributed by atoms with van der Waals surface area (Å²) in [5.41, 5.74) is -0.144. The van der Waals surface area contributed by atoms with Gasteiger partial charge < -0.3 is 5.32 Å². The van der Waals surface area contributed by atoms with Gasteiger partial charge in [0.05, 0.1) is 6.04 Å². The molecule has 0 aliphatic rings. The Hall–Kier alpha value is -0.700. The van der Waals surface area contributed by atoms with Crippen molar-refractivity contribution in [3.05, 3.63) is 0 Å². The molecule has 0 saturated heterocycles. The molecule has 0 aromatic rings.